The topological polar surface area (TPSA) is 74.2 Å². The zero-order valence-corrected chi connectivity index (χ0v) is 13.9. The number of aromatic carboxylic acids is 1. The molecule has 3 aromatic rings. The Hall–Kier alpha value is -3.23. The Kier molecular flexibility index (Phi) is 5.03. The molecule has 1 N–H and O–H groups in total. The van der Waals surface area contributed by atoms with E-state index in [9.17, 15) is 10.1 Å². The molecule has 0 unspecified atom stereocenters. The van der Waals surface area contributed by atoms with Crippen molar-refractivity contribution in [3.05, 3.63) is 83.6 Å². The fourth-order valence-corrected chi connectivity index (χ4v) is 2.99. The fraction of sp³-hybridized carbons (Fsp3) is 0. The largest absolute Gasteiger partial charge is 0.478 e. The van der Waals surface area contributed by atoms with E-state index in [1.165, 1.54) is 23.9 Å². The van der Waals surface area contributed by atoms with Crippen LogP contribution in [-0.4, -0.2) is 11.1 Å². The molecular formula is C20H13NO3S. The number of rotatable bonds is 5. The highest BCUT2D eigenvalue weighted by atomic mass is 32.2. The minimum Gasteiger partial charge on any atom is -0.478 e. The molecule has 0 atom stereocenters. The van der Waals surface area contributed by atoms with Gasteiger partial charge in [-0.2, -0.15) is 5.26 Å². The zero-order chi connectivity index (χ0) is 17.6. The molecule has 0 saturated carbocycles. The maximum Gasteiger partial charge on any atom is 0.335 e. The molecule has 0 spiro atoms. The summed E-state index contributed by atoms with van der Waals surface area (Å²) < 4.78 is 5.74. The second-order valence-electron chi connectivity index (χ2n) is 5.12. The number of carboxylic acid groups (broad SMARTS) is 1. The van der Waals surface area contributed by atoms with Crippen LogP contribution in [0.2, 0.25) is 0 Å². The van der Waals surface area contributed by atoms with Crippen LogP contribution in [0.3, 0.4) is 0 Å². The summed E-state index contributed by atoms with van der Waals surface area (Å²) in [5.41, 5.74) is 1.23. The van der Waals surface area contributed by atoms with Crippen molar-refractivity contribution < 1.29 is 14.3 Å². The number of carboxylic acids is 1. The van der Waals surface area contributed by atoms with E-state index in [1.807, 2.05) is 36.4 Å². The van der Waals surface area contributed by atoms with Crippen molar-refractivity contribution in [3.63, 3.8) is 0 Å². The summed E-state index contributed by atoms with van der Waals surface area (Å²) in [6.45, 7) is 0. The van der Waals surface area contributed by atoms with E-state index in [1.54, 1.807) is 24.3 Å². The van der Waals surface area contributed by atoms with Crippen molar-refractivity contribution in [3.8, 4) is 6.07 Å². The predicted molar refractivity (Wildman–Crippen MR) is 96.2 cm³/mol. The highest BCUT2D eigenvalue weighted by Gasteiger charge is 2.07. The van der Waals surface area contributed by atoms with Gasteiger partial charge >= 0.3 is 5.97 Å². The minimum absolute atomic E-state index is 0.181. The van der Waals surface area contributed by atoms with Crippen molar-refractivity contribution in [2.45, 2.75) is 9.99 Å². The Morgan fingerprint density at radius 2 is 1.68 bits per heavy atom. The van der Waals surface area contributed by atoms with Crippen molar-refractivity contribution in [2.24, 2.45) is 0 Å². The first-order chi connectivity index (χ1) is 12.2. The number of nitrogens with zero attached hydrogens (tertiary/aromatic N) is 1. The number of hydrogen-bond acceptors (Lipinski definition) is 4. The number of nitriles is 1. The first-order valence-corrected chi connectivity index (χ1v) is 8.25. The molecule has 1 aromatic heterocycles. The molecule has 0 fully saturated rings. The van der Waals surface area contributed by atoms with Gasteiger partial charge in [0.05, 0.1) is 17.2 Å². The Morgan fingerprint density at radius 1 is 1.00 bits per heavy atom. The van der Waals surface area contributed by atoms with Gasteiger partial charge in [-0.05, 0) is 48.0 Å². The lowest BCUT2D eigenvalue weighted by Gasteiger charge is -2.00. The van der Waals surface area contributed by atoms with E-state index in [2.05, 4.69) is 6.07 Å². The van der Waals surface area contributed by atoms with Crippen LogP contribution in [-0.2, 0) is 0 Å². The second kappa shape index (κ2) is 7.56. The monoisotopic (exact) mass is 347 g/mol. The summed E-state index contributed by atoms with van der Waals surface area (Å²) in [7, 11) is 0. The molecule has 0 aliphatic rings. The molecule has 0 radical (unpaired) electrons. The molecule has 3 rings (SSSR count). The van der Waals surface area contributed by atoms with E-state index in [4.69, 9.17) is 9.52 Å². The lowest BCUT2D eigenvalue weighted by molar-refractivity contribution is 0.0697. The van der Waals surface area contributed by atoms with Gasteiger partial charge in [0, 0.05) is 4.90 Å². The van der Waals surface area contributed by atoms with Crippen molar-refractivity contribution in [2.75, 3.05) is 0 Å². The van der Waals surface area contributed by atoms with E-state index in [0.29, 0.717) is 16.9 Å². The highest BCUT2D eigenvalue weighted by molar-refractivity contribution is 7.99. The number of hydrogen-bond donors (Lipinski definition) is 1. The molecule has 4 nitrogen and oxygen atoms in total. The summed E-state index contributed by atoms with van der Waals surface area (Å²) in [5, 5.41) is 19.0. The van der Waals surface area contributed by atoms with Crippen LogP contribution >= 0.6 is 11.8 Å². The Labute approximate surface area is 149 Å². The first kappa shape index (κ1) is 16.6. The second-order valence-corrected chi connectivity index (χ2v) is 6.20. The molecule has 0 aliphatic heterocycles. The standard InChI is InChI=1S/C20H13NO3S/c21-13-16(14-6-8-15(9-7-14)20(22)23)12-17-10-11-19(24-17)25-18-4-2-1-3-5-18/h1-12H,(H,22,23)/b16-12-. The smallest absolute Gasteiger partial charge is 0.335 e. The van der Waals surface area contributed by atoms with Gasteiger partial charge in [-0.3, -0.25) is 0 Å². The van der Waals surface area contributed by atoms with Gasteiger partial charge in [0.15, 0.2) is 5.09 Å². The average molecular weight is 347 g/mol. The number of furan rings is 1. The van der Waals surface area contributed by atoms with Gasteiger partial charge in [0.25, 0.3) is 0 Å². The van der Waals surface area contributed by atoms with Crippen molar-refractivity contribution in [1.82, 2.24) is 0 Å². The third-order valence-corrected chi connectivity index (χ3v) is 4.34. The van der Waals surface area contributed by atoms with Crippen LogP contribution in [0.4, 0.5) is 0 Å². The third kappa shape index (κ3) is 4.19. The summed E-state index contributed by atoms with van der Waals surface area (Å²) >= 11 is 1.50. The van der Waals surface area contributed by atoms with Crippen molar-refractivity contribution >= 4 is 29.4 Å². The van der Waals surface area contributed by atoms with Crippen LogP contribution in [0.5, 0.6) is 0 Å². The number of benzene rings is 2. The maximum atomic E-state index is 10.9. The van der Waals surface area contributed by atoms with Crippen LogP contribution < -0.4 is 0 Å². The molecule has 0 amide bonds. The number of carbonyl (C=O) groups is 1. The van der Waals surface area contributed by atoms with Gasteiger partial charge in [-0.1, -0.05) is 42.1 Å². The van der Waals surface area contributed by atoms with Gasteiger partial charge in [-0.25, -0.2) is 4.79 Å². The van der Waals surface area contributed by atoms with E-state index >= 15 is 0 Å². The summed E-state index contributed by atoms with van der Waals surface area (Å²) in [6, 6.07) is 21.8. The maximum absolute atomic E-state index is 10.9. The van der Waals surface area contributed by atoms with E-state index in [-0.39, 0.29) is 5.56 Å². The van der Waals surface area contributed by atoms with Gasteiger partial charge in [-0.15, -0.1) is 0 Å². The Bertz CT molecular complexity index is 951. The molecule has 0 saturated heterocycles. The fourth-order valence-electron chi connectivity index (χ4n) is 2.19. The molecule has 122 valence electrons. The van der Waals surface area contributed by atoms with Crippen LogP contribution in [0, 0.1) is 11.3 Å². The Balaban J connectivity index is 1.81. The van der Waals surface area contributed by atoms with Gasteiger partial charge in [0.1, 0.15) is 5.76 Å². The van der Waals surface area contributed by atoms with E-state index in [0.717, 1.165) is 9.99 Å². The summed E-state index contributed by atoms with van der Waals surface area (Å²) in [4.78, 5) is 12.0. The molecule has 0 aliphatic carbocycles. The van der Waals surface area contributed by atoms with Crippen molar-refractivity contribution in [1.29, 1.82) is 5.26 Å². The predicted octanol–water partition coefficient (Wildman–Crippen LogP) is 5.19. The normalized spacial score (nSPS) is 11.1. The Morgan fingerprint density at radius 3 is 2.32 bits per heavy atom. The number of allylic oxidation sites excluding steroid dienone is 1. The third-order valence-electron chi connectivity index (χ3n) is 3.41. The summed E-state index contributed by atoms with van der Waals surface area (Å²) in [6.07, 6.45) is 1.64. The average Bonchev–Trinajstić information content (AvgIpc) is 3.07. The van der Waals surface area contributed by atoms with E-state index < -0.39 is 5.97 Å². The zero-order valence-electron chi connectivity index (χ0n) is 13.0. The molecule has 25 heavy (non-hydrogen) atoms. The molecule has 2 aromatic carbocycles. The lowest BCUT2D eigenvalue weighted by Crippen LogP contribution is -1.95. The molecule has 5 heteroatoms. The van der Waals surface area contributed by atoms with Gasteiger partial charge < -0.3 is 9.52 Å². The first-order valence-electron chi connectivity index (χ1n) is 7.44. The molecule has 0 bridgehead atoms. The van der Waals surface area contributed by atoms with Crippen LogP contribution in [0.15, 0.2) is 81.1 Å². The highest BCUT2D eigenvalue weighted by Crippen LogP contribution is 2.30. The summed E-state index contributed by atoms with van der Waals surface area (Å²) in [5.74, 6) is -0.431. The lowest BCUT2D eigenvalue weighted by atomic mass is 10.0. The van der Waals surface area contributed by atoms with Crippen LogP contribution in [0.1, 0.15) is 21.7 Å². The minimum atomic E-state index is -0.998. The van der Waals surface area contributed by atoms with Crippen LogP contribution in [0.25, 0.3) is 11.6 Å². The SMILES string of the molecule is N#C/C(=C/c1ccc(Sc2ccccc2)o1)c1ccc(C(=O)O)cc1. The van der Waals surface area contributed by atoms with Gasteiger partial charge in [0.2, 0.25) is 0 Å². The quantitative estimate of drug-likeness (QED) is 0.643. The molecule has 1 heterocycles. The molecular weight excluding hydrogens is 334 g/mol.